The second-order valence-electron chi connectivity index (χ2n) is 15.4. The smallest absolute Gasteiger partial charge is 0.463 e. The molecule has 0 aromatic rings. The third kappa shape index (κ3) is 43.5. The molecule has 0 fully saturated rings. The number of phosphoric acid groups is 1. The summed E-state index contributed by atoms with van der Waals surface area (Å²) in [7, 11) is -4.42. The predicted molar refractivity (Wildman–Crippen MR) is 229 cm³/mol. The maximum Gasteiger partial charge on any atom is 0.472 e. The van der Waals surface area contributed by atoms with Crippen LogP contribution >= 0.6 is 7.82 Å². The van der Waals surface area contributed by atoms with Gasteiger partial charge in [-0.25, -0.2) is 4.57 Å². The molecule has 0 aliphatic rings. The van der Waals surface area contributed by atoms with Crippen LogP contribution in [0, 0.1) is 0 Å². The highest BCUT2D eigenvalue weighted by Crippen LogP contribution is 2.42. The molecular formula is C45H86NO8P. The largest absolute Gasteiger partial charge is 0.472 e. The van der Waals surface area contributed by atoms with Gasteiger partial charge < -0.3 is 20.1 Å². The molecule has 0 aliphatic heterocycles. The fraction of sp³-hybridized carbons (Fsp3) is 0.867. The number of allylic oxidation sites excluding steroid dienone is 4. The molecule has 0 spiro atoms. The molecule has 0 rings (SSSR count). The van der Waals surface area contributed by atoms with Crippen LogP contribution in [-0.4, -0.2) is 54.3 Å². The SMILES string of the molecule is CCCCCC/C=C\C/C=C\CCCCCCCC(=O)OCC(O)COP(=O)(O)OCCNC(=O)CCCCCCCCCCCCCCCCCCCC. The minimum atomic E-state index is -4.42. The summed E-state index contributed by atoms with van der Waals surface area (Å²) in [6.45, 7) is 3.55. The van der Waals surface area contributed by atoms with Gasteiger partial charge in [0.15, 0.2) is 0 Å². The molecule has 1 amide bonds. The Labute approximate surface area is 338 Å². The van der Waals surface area contributed by atoms with Crippen LogP contribution in [0.5, 0.6) is 0 Å². The van der Waals surface area contributed by atoms with E-state index in [0.29, 0.717) is 6.42 Å². The molecule has 0 bridgehead atoms. The quantitative estimate of drug-likeness (QED) is 0.0240. The van der Waals surface area contributed by atoms with Gasteiger partial charge in [-0.15, -0.1) is 0 Å². The lowest BCUT2D eigenvalue weighted by Crippen LogP contribution is -2.27. The summed E-state index contributed by atoms with van der Waals surface area (Å²) >= 11 is 0. The van der Waals surface area contributed by atoms with Gasteiger partial charge in [-0.2, -0.15) is 0 Å². The molecule has 10 heteroatoms. The number of hydrogen-bond donors (Lipinski definition) is 3. The lowest BCUT2D eigenvalue weighted by Gasteiger charge is -2.15. The van der Waals surface area contributed by atoms with Gasteiger partial charge in [-0.3, -0.25) is 18.6 Å². The van der Waals surface area contributed by atoms with Crippen LogP contribution in [0.15, 0.2) is 24.3 Å². The van der Waals surface area contributed by atoms with E-state index in [4.69, 9.17) is 13.8 Å². The van der Waals surface area contributed by atoms with Gasteiger partial charge >= 0.3 is 13.8 Å². The van der Waals surface area contributed by atoms with Crippen molar-refractivity contribution in [3.8, 4) is 0 Å². The fourth-order valence-corrected chi connectivity index (χ4v) is 7.17. The summed E-state index contributed by atoms with van der Waals surface area (Å²) in [6.07, 6.45) is 45.3. The molecule has 9 nitrogen and oxygen atoms in total. The molecule has 0 saturated heterocycles. The summed E-state index contributed by atoms with van der Waals surface area (Å²) in [5.74, 6) is -0.523. The lowest BCUT2D eigenvalue weighted by atomic mass is 10.0. The average molecular weight is 800 g/mol. The molecule has 324 valence electrons. The molecule has 0 aromatic heterocycles. The molecule has 0 aliphatic carbocycles. The zero-order valence-corrected chi connectivity index (χ0v) is 36.5. The summed E-state index contributed by atoms with van der Waals surface area (Å²) in [5, 5.41) is 12.7. The molecule has 3 N–H and O–H groups in total. The standard InChI is InChI=1S/C45H86NO8P/c1-3-5-7-9-11-13-15-17-19-21-22-23-25-27-29-31-33-35-37-44(48)46-39-40-53-55(50,51)54-42-43(47)41-52-45(49)38-36-34-32-30-28-26-24-20-18-16-14-12-10-8-6-4-2/h14,16,20,24,43,47H,3-13,15,17-19,21-23,25-42H2,1-2H3,(H,46,48)(H,50,51)/b16-14-,24-20-. The van der Waals surface area contributed by atoms with Gasteiger partial charge in [-0.05, 0) is 44.9 Å². The number of carbonyl (C=O) groups excluding carboxylic acids is 2. The second kappa shape index (κ2) is 42.1. The molecule has 0 heterocycles. The fourth-order valence-electron chi connectivity index (χ4n) is 6.41. The Kier molecular flexibility index (Phi) is 40.9. The van der Waals surface area contributed by atoms with Crippen LogP contribution in [0.25, 0.3) is 0 Å². The van der Waals surface area contributed by atoms with Crippen LogP contribution in [-0.2, 0) is 27.9 Å². The minimum absolute atomic E-state index is 0.0835. The highest BCUT2D eigenvalue weighted by atomic mass is 31.2. The number of aliphatic hydroxyl groups excluding tert-OH is 1. The number of carbonyl (C=O) groups is 2. The monoisotopic (exact) mass is 800 g/mol. The first kappa shape index (κ1) is 53.5. The van der Waals surface area contributed by atoms with E-state index in [9.17, 15) is 24.2 Å². The molecule has 55 heavy (non-hydrogen) atoms. The first-order valence-electron chi connectivity index (χ1n) is 22.8. The molecule has 0 radical (unpaired) electrons. The summed E-state index contributed by atoms with van der Waals surface area (Å²) < 4.78 is 26.9. The Morgan fingerprint density at radius 3 is 1.47 bits per heavy atom. The number of unbranched alkanes of at least 4 members (excludes halogenated alkanes) is 26. The van der Waals surface area contributed by atoms with Crippen LogP contribution in [0.2, 0.25) is 0 Å². The summed E-state index contributed by atoms with van der Waals surface area (Å²) in [4.78, 5) is 33.9. The van der Waals surface area contributed by atoms with E-state index in [2.05, 4.69) is 43.5 Å². The van der Waals surface area contributed by atoms with E-state index in [-0.39, 0.29) is 32.1 Å². The number of nitrogens with one attached hydrogen (secondary N) is 1. The van der Waals surface area contributed by atoms with Gasteiger partial charge in [0.05, 0.1) is 13.2 Å². The Balaban J connectivity index is 3.58. The first-order chi connectivity index (χ1) is 26.8. The lowest BCUT2D eigenvalue weighted by molar-refractivity contribution is -0.147. The second-order valence-corrected chi connectivity index (χ2v) is 16.8. The molecule has 0 saturated carbocycles. The molecule has 2 atom stereocenters. The topological polar surface area (TPSA) is 131 Å². The molecular weight excluding hydrogens is 713 g/mol. The minimum Gasteiger partial charge on any atom is -0.463 e. The predicted octanol–water partition coefficient (Wildman–Crippen LogP) is 12.8. The van der Waals surface area contributed by atoms with Crippen molar-refractivity contribution in [3.63, 3.8) is 0 Å². The van der Waals surface area contributed by atoms with Gasteiger partial charge in [0.2, 0.25) is 5.91 Å². The Morgan fingerprint density at radius 2 is 0.982 bits per heavy atom. The van der Waals surface area contributed by atoms with Gasteiger partial charge in [-0.1, -0.05) is 186 Å². The number of rotatable bonds is 43. The first-order valence-corrected chi connectivity index (χ1v) is 24.3. The Morgan fingerprint density at radius 1 is 0.564 bits per heavy atom. The van der Waals surface area contributed by atoms with Gasteiger partial charge in [0.1, 0.15) is 12.7 Å². The van der Waals surface area contributed by atoms with Crippen molar-refractivity contribution >= 4 is 19.7 Å². The van der Waals surface area contributed by atoms with Crippen molar-refractivity contribution in [1.29, 1.82) is 0 Å². The zero-order valence-electron chi connectivity index (χ0n) is 35.6. The Bertz CT molecular complexity index is 959. The van der Waals surface area contributed by atoms with Crippen LogP contribution in [0.1, 0.15) is 219 Å². The van der Waals surface area contributed by atoms with E-state index in [1.54, 1.807) is 0 Å². The number of amides is 1. The average Bonchev–Trinajstić information content (AvgIpc) is 3.17. The maximum absolute atomic E-state index is 12.1. The van der Waals surface area contributed by atoms with E-state index >= 15 is 0 Å². The third-order valence-corrected chi connectivity index (χ3v) is 10.9. The summed E-state index contributed by atoms with van der Waals surface area (Å²) in [5.41, 5.74) is 0. The van der Waals surface area contributed by atoms with E-state index in [0.717, 1.165) is 64.2 Å². The maximum atomic E-state index is 12.1. The van der Waals surface area contributed by atoms with Crippen LogP contribution < -0.4 is 5.32 Å². The van der Waals surface area contributed by atoms with Gasteiger partial charge in [0.25, 0.3) is 0 Å². The number of phosphoric ester groups is 1. The summed E-state index contributed by atoms with van der Waals surface area (Å²) in [6, 6.07) is 0. The highest BCUT2D eigenvalue weighted by Gasteiger charge is 2.23. The van der Waals surface area contributed by atoms with Crippen LogP contribution in [0.3, 0.4) is 0 Å². The van der Waals surface area contributed by atoms with E-state index in [1.165, 1.54) is 128 Å². The normalized spacial score (nSPS) is 13.5. The molecule has 0 aromatic carbocycles. The van der Waals surface area contributed by atoms with Crippen molar-refractivity contribution in [1.82, 2.24) is 5.32 Å². The van der Waals surface area contributed by atoms with E-state index in [1.807, 2.05) is 0 Å². The number of hydrogen-bond acceptors (Lipinski definition) is 7. The van der Waals surface area contributed by atoms with Crippen molar-refractivity contribution in [2.45, 2.75) is 225 Å². The number of ether oxygens (including phenoxy) is 1. The number of esters is 1. The van der Waals surface area contributed by atoms with Crippen molar-refractivity contribution in [3.05, 3.63) is 24.3 Å². The van der Waals surface area contributed by atoms with Crippen molar-refractivity contribution in [2.24, 2.45) is 0 Å². The molecule has 2 unspecified atom stereocenters. The van der Waals surface area contributed by atoms with Crippen LogP contribution in [0.4, 0.5) is 0 Å². The zero-order chi connectivity index (χ0) is 40.3. The third-order valence-electron chi connectivity index (χ3n) is 9.88. The highest BCUT2D eigenvalue weighted by molar-refractivity contribution is 7.47. The number of aliphatic hydroxyl groups is 1. The Hall–Kier alpha value is -1.51. The van der Waals surface area contributed by atoms with Gasteiger partial charge in [0, 0.05) is 19.4 Å². The van der Waals surface area contributed by atoms with Crippen molar-refractivity contribution in [2.75, 3.05) is 26.4 Å². The van der Waals surface area contributed by atoms with Crippen molar-refractivity contribution < 1.29 is 37.9 Å². The van der Waals surface area contributed by atoms with E-state index < -0.39 is 26.5 Å².